The number of tetrazole rings is 1. The van der Waals surface area contributed by atoms with Crippen LogP contribution in [0.25, 0.3) is 0 Å². The second-order valence-corrected chi connectivity index (χ2v) is 4.92. The van der Waals surface area contributed by atoms with Crippen molar-refractivity contribution >= 4 is 5.91 Å². The minimum absolute atomic E-state index is 0.00835. The third kappa shape index (κ3) is 3.63. The second kappa shape index (κ2) is 6.94. The molecule has 0 fully saturated rings. The van der Waals surface area contributed by atoms with Crippen LogP contribution in [0.4, 0.5) is 0 Å². The van der Waals surface area contributed by atoms with Crippen LogP contribution in [0.3, 0.4) is 0 Å². The van der Waals surface area contributed by atoms with Gasteiger partial charge in [0.05, 0.1) is 0 Å². The van der Waals surface area contributed by atoms with Crippen molar-refractivity contribution in [1.82, 2.24) is 25.5 Å². The molecule has 1 aromatic carbocycles. The molecule has 7 nitrogen and oxygen atoms in total. The number of benzene rings is 1. The highest BCUT2D eigenvalue weighted by molar-refractivity contribution is 5.82. The first kappa shape index (κ1) is 15.1. The van der Waals surface area contributed by atoms with Gasteiger partial charge >= 0.3 is 0 Å². The van der Waals surface area contributed by atoms with Crippen molar-refractivity contribution in [2.45, 2.75) is 18.9 Å². The van der Waals surface area contributed by atoms with Gasteiger partial charge in [0.15, 0.2) is 11.9 Å². The minimum atomic E-state index is -0.603. The van der Waals surface area contributed by atoms with E-state index in [1.807, 2.05) is 37.3 Å². The molecule has 1 amide bonds. The first-order valence-electron chi connectivity index (χ1n) is 6.69. The van der Waals surface area contributed by atoms with Crippen LogP contribution >= 0.6 is 0 Å². The normalized spacial score (nSPS) is 13.7. The van der Waals surface area contributed by atoms with Gasteiger partial charge in [0.25, 0.3) is 5.91 Å². The van der Waals surface area contributed by atoms with Gasteiger partial charge in [-0.05, 0) is 5.56 Å². The molecular weight excluding hydrogens is 270 g/mol. The molecule has 0 spiro atoms. The summed E-state index contributed by atoms with van der Waals surface area (Å²) in [5, 5.41) is 13.8. The van der Waals surface area contributed by atoms with Gasteiger partial charge in [-0.1, -0.05) is 42.5 Å². The largest absolute Gasteiger partial charge is 0.367 e. The maximum absolute atomic E-state index is 12.5. The predicted octanol–water partition coefficient (Wildman–Crippen LogP) is 1.15. The standard InChI is InChI=1S/C14H19N5O2/c1-10(13-15-17-18-16-13)9-19(2)14(20)12(21-3)11-7-5-4-6-8-11/h4-8,10,12H,9H2,1-3H3,(H,15,16,17,18). The molecule has 0 aliphatic carbocycles. The summed E-state index contributed by atoms with van der Waals surface area (Å²) in [5.74, 6) is 0.480. The van der Waals surface area contributed by atoms with Gasteiger partial charge in [-0.3, -0.25) is 4.79 Å². The number of nitrogens with one attached hydrogen (secondary N) is 1. The Morgan fingerprint density at radius 2 is 2.10 bits per heavy atom. The van der Waals surface area contributed by atoms with Gasteiger partial charge in [-0.25, -0.2) is 0 Å². The average Bonchev–Trinajstić information content (AvgIpc) is 3.03. The Labute approximate surface area is 123 Å². The molecular formula is C14H19N5O2. The van der Waals surface area contributed by atoms with Crippen LogP contribution in [0.15, 0.2) is 30.3 Å². The third-order valence-corrected chi connectivity index (χ3v) is 3.29. The fraction of sp³-hybridized carbons (Fsp3) is 0.429. The number of likely N-dealkylation sites (N-methyl/N-ethyl adjacent to an activating group) is 1. The van der Waals surface area contributed by atoms with Crippen molar-refractivity contribution in [1.29, 1.82) is 0 Å². The lowest BCUT2D eigenvalue weighted by Gasteiger charge is -2.24. The van der Waals surface area contributed by atoms with Crippen LogP contribution in [-0.2, 0) is 9.53 Å². The summed E-state index contributed by atoms with van der Waals surface area (Å²) in [7, 11) is 3.28. The number of nitrogens with zero attached hydrogens (tertiary/aromatic N) is 4. The number of ether oxygens (including phenoxy) is 1. The van der Waals surface area contributed by atoms with Crippen LogP contribution in [0, 0.1) is 0 Å². The van der Waals surface area contributed by atoms with Gasteiger partial charge in [0.1, 0.15) is 0 Å². The van der Waals surface area contributed by atoms with Gasteiger partial charge in [-0.2, -0.15) is 5.21 Å². The van der Waals surface area contributed by atoms with Crippen LogP contribution in [0.5, 0.6) is 0 Å². The molecule has 0 saturated carbocycles. The molecule has 2 unspecified atom stereocenters. The Morgan fingerprint density at radius 1 is 1.38 bits per heavy atom. The van der Waals surface area contributed by atoms with Gasteiger partial charge in [-0.15, -0.1) is 10.2 Å². The molecule has 0 bridgehead atoms. The summed E-state index contributed by atoms with van der Waals surface area (Å²) < 4.78 is 5.35. The van der Waals surface area contributed by atoms with E-state index in [0.717, 1.165) is 5.56 Å². The summed E-state index contributed by atoms with van der Waals surface area (Å²) in [6.45, 7) is 2.43. The molecule has 2 rings (SSSR count). The number of aromatic nitrogens is 4. The van der Waals surface area contributed by atoms with E-state index in [1.165, 1.54) is 7.11 Å². The second-order valence-electron chi connectivity index (χ2n) is 4.92. The molecule has 1 N–H and O–H groups in total. The number of rotatable bonds is 6. The monoisotopic (exact) mass is 289 g/mol. The maximum atomic E-state index is 12.5. The average molecular weight is 289 g/mol. The molecule has 0 radical (unpaired) electrons. The maximum Gasteiger partial charge on any atom is 0.256 e. The minimum Gasteiger partial charge on any atom is -0.367 e. The summed E-state index contributed by atoms with van der Waals surface area (Å²) in [6, 6.07) is 9.43. The molecule has 1 aromatic heterocycles. The van der Waals surface area contributed by atoms with Crippen LogP contribution in [0.2, 0.25) is 0 Å². The lowest BCUT2D eigenvalue weighted by Crippen LogP contribution is -2.35. The van der Waals surface area contributed by atoms with Crippen LogP contribution in [0.1, 0.15) is 30.3 Å². The lowest BCUT2D eigenvalue weighted by atomic mass is 10.1. The molecule has 0 aliphatic heterocycles. The number of methoxy groups -OCH3 is 1. The van der Waals surface area contributed by atoms with Gasteiger partial charge < -0.3 is 9.64 Å². The zero-order valence-electron chi connectivity index (χ0n) is 12.4. The van der Waals surface area contributed by atoms with E-state index in [-0.39, 0.29) is 11.8 Å². The molecule has 0 saturated heterocycles. The van der Waals surface area contributed by atoms with E-state index >= 15 is 0 Å². The fourth-order valence-electron chi connectivity index (χ4n) is 2.17. The van der Waals surface area contributed by atoms with E-state index in [1.54, 1.807) is 11.9 Å². The lowest BCUT2D eigenvalue weighted by molar-refractivity contribution is -0.141. The number of H-pyrrole nitrogens is 1. The van der Waals surface area contributed by atoms with Gasteiger partial charge in [0.2, 0.25) is 0 Å². The number of aromatic amines is 1. The molecule has 1 heterocycles. The van der Waals surface area contributed by atoms with Crippen LogP contribution in [-0.4, -0.2) is 52.1 Å². The topological polar surface area (TPSA) is 84.0 Å². The van der Waals surface area contributed by atoms with Crippen molar-refractivity contribution in [2.75, 3.05) is 20.7 Å². The summed E-state index contributed by atoms with van der Waals surface area (Å²) in [5.41, 5.74) is 0.837. The summed E-state index contributed by atoms with van der Waals surface area (Å²) in [6.07, 6.45) is -0.603. The van der Waals surface area contributed by atoms with E-state index in [0.29, 0.717) is 12.4 Å². The molecule has 0 aliphatic rings. The van der Waals surface area contributed by atoms with E-state index in [9.17, 15) is 4.79 Å². The van der Waals surface area contributed by atoms with Crippen molar-refractivity contribution in [3.63, 3.8) is 0 Å². The SMILES string of the molecule is COC(C(=O)N(C)CC(C)c1nn[nH]n1)c1ccccc1. The van der Waals surface area contributed by atoms with Gasteiger partial charge in [0, 0.05) is 26.6 Å². The number of hydrogen-bond acceptors (Lipinski definition) is 5. The third-order valence-electron chi connectivity index (χ3n) is 3.29. The smallest absolute Gasteiger partial charge is 0.256 e. The Kier molecular flexibility index (Phi) is 4.99. The quantitative estimate of drug-likeness (QED) is 0.862. The Morgan fingerprint density at radius 3 is 2.67 bits per heavy atom. The number of amides is 1. The summed E-state index contributed by atoms with van der Waals surface area (Å²) in [4.78, 5) is 14.1. The summed E-state index contributed by atoms with van der Waals surface area (Å²) >= 11 is 0. The number of hydrogen-bond donors (Lipinski definition) is 1. The highest BCUT2D eigenvalue weighted by Gasteiger charge is 2.25. The Bertz CT molecular complexity index is 558. The first-order valence-corrected chi connectivity index (χ1v) is 6.69. The highest BCUT2D eigenvalue weighted by atomic mass is 16.5. The molecule has 2 aromatic rings. The Balaban J connectivity index is 2.04. The highest BCUT2D eigenvalue weighted by Crippen LogP contribution is 2.20. The molecule has 21 heavy (non-hydrogen) atoms. The Hall–Kier alpha value is -2.28. The molecule has 112 valence electrons. The van der Waals surface area contributed by atoms with E-state index in [4.69, 9.17) is 4.74 Å². The van der Waals surface area contributed by atoms with E-state index in [2.05, 4.69) is 20.6 Å². The number of carbonyl (C=O) groups excluding carboxylic acids is 1. The zero-order chi connectivity index (χ0) is 15.2. The fourth-order valence-corrected chi connectivity index (χ4v) is 2.17. The predicted molar refractivity (Wildman–Crippen MR) is 76.4 cm³/mol. The van der Waals surface area contributed by atoms with E-state index < -0.39 is 6.10 Å². The van der Waals surface area contributed by atoms with Crippen molar-refractivity contribution in [2.24, 2.45) is 0 Å². The molecule has 2 atom stereocenters. The van der Waals surface area contributed by atoms with Crippen molar-refractivity contribution in [3.8, 4) is 0 Å². The van der Waals surface area contributed by atoms with Crippen LogP contribution < -0.4 is 0 Å². The van der Waals surface area contributed by atoms with Crippen molar-refractivity contribution < 1.29 is 9.53 Å². The molecule has 7 heteroatoms. The first-order chi connectivity index (χ1) is 10.1. The van der Waals surface area contributed by atoms with Crippen molar-refractivity contribution in [3.05, 3.63) is 41.7 Å². The number of carbonyl (C=O) groups is 1. The zero-order valence-corrected chi connectivity index (χ0v) is 12.4.